The third kappa shape index (κ3) is 1.30. The molecule has 1 aliphatic carbocycles. The molecule has 3 unspecified atom stereocenters. The van der Waals surface area contributed by atoms with Crippen LogP contribution in [0.2, 0.25) is 0 Å². The Labute approximate surface area is 101 Å². The van der Waals surface area contributed by atoms with Crippen LogP contribution in [0.3, 0.4) is 0 Å². The van der Waals surface area contributed by atoms with E-state index in [0.717, 1.165) is 6.42 Å². The van der Waals surface area contributed by atoms with Crippen molar-refractivity contribution in [2.45, 2.75) is 39.3 Å². The zero-order chi connectivity index (χ0) is 12.3. The van der Waals surface area contributed by atoms with Crippen LogP contribution in [-0.2, 0) is 10.5 Å². The van der Waals surface area contributed by atoms with E-state index in [1.165, 1.54) is 0 Å². The second-order valence-electron chi connectivity index (χ2n) is 6.18. The van der Waals surface area contributed by atoms with Gasteiger partial charge < -0.3 is 9.88 Å². The molecule has 0 aromatic carbocycles. The Kier molecular flexibility index (Phi) is 1.98. The van der Waals surface area contributed by atoms with Gasteiger partial charge in [-0.1, -0.05) is 13.8 Å². The van der Waals surface area contributed by atoms with Crippen LogP contribution in [0.4, 0.5) is 0 Å². The lowest BCUT2D eigenvalue weighted by Gasteiger charge is -2.56. The molecule has 4 nitrogen and oxygen atoms in total. The average molecular weight is 233 g/mol. The fourth-order valence-electron chi connectivity index (χ4n) is 3.74. The van der Waals surface area contributed by atoms with Crippen LogP contribution >= 0.6 is 0 Å². The third-order valence-corrected chi connectivity index (χ3v) is 5.01. The third-order valence-electron chi connectivity index (χ3n) is 5.01. The largest absolute Gasteiger partial charge is 0.333 e. The van der Waals surface area contributed by atoms with E-state index >= 15 is 0 Å². The minimum Gasteiger partial charge on any atom is -0.333 e. The first kappa shape index (κ1) is 10.8. The summed E-state index contributed by atoms with van der Waals surface area (Å²) in [4.78, 5) is 16.1. The molecule has 92 valence electrons. The van der Waals surface area contributed by atoms with Gasteiger partial charge in [0.25, 0.3) is 0 Å². The lowest BCUT2D eigenvalue weighted by molar-refractivity contribution is -0.123. The van der Waals surface area contributed by atoms with Crippen molar-refractivity contribution >= 4 is 5.91 Å². The highest BCUT2D eigenvalue weighted by molar-refractivity contribution is 5.78. The highest BCUT2D eigenvalue weighted by Crippen LogP contribution is 2.59. The molecule has 0 spiro atoms. The summed E-state index contributed by atoms with van der Waals surface area (Å²) in [7, 11) is 0. The first-order chi connectivity index (χ1) is 7.94. The Balaban J connectivity index is 2.06. The van der Waals surface area contributed by atoms with Crippen molar-refractivity contribution in [2.24, 2.45) is 17.3 Å². The van der Waals surface area contributed by atoms with Gasteiger partial charge in [-0.3, -0.25) is 4.79 Å². The summed E-state index contributed by atoms with van der Waals surface area (Å²) < 4.78 is 2.04. The van der Waals surface area contributed by atoms with E-state index in [1.807, 2.05) is 10.8 Å². The number of carbonyl (C=O) groups excluding carboxylic acids is 1. The molecule has 1 aromatic heterocycles. The molecule has 2 saturated heterocycles. The molecule has 1 saturated carbocycles. The Bertz CT molecular complexity index is 451. The molecule has 4 rings (SSSR count). The van der Waals surface area contributed by atoms with E-state index in [-0.39, 0.29) is 17.0 Å². The Morgan fingerprint density at radius 2 is 2.24 bits per heavy atom. The molecule has 17 heavy (non-hydrogen) atoms. The van der Waals surface area contributed by atoms with Gasteiger partial charge in [0, 0.05) is 24.7 Å². The molecule has 1 amide bonds. The number of carbonyl (C=O) groups is 1. The zero-order valence-corrected chi connectivity index (χ0v) is 10.6. The first-order valence-electron chi connectivity index (χ1n) is 6.24. The van der Waals surface area contributed by atoms with E-state index in [9.17, 15) is 4.79 Å². The second-order valence-corrected chi connectivity index (χ2v) is 6.18. The van der Waals surface area contributed by atoms with E-state index in [4.69, 9.17) is 0 Å². The summed E-state index contributed by atoms with van der Waals surface area (Å²) in [5.41, 5.74) is -0.109. The molecule has 1 N–H and O–H groups in total. The van der Waals surface area contributed by atoms with E-state index < -0.39 is 0 Å². The molecule has 3 aliphatic rings. The summed E-state index contributed by atoms with van der Waals surface area (Å²) in [6.07, 6.45) is 7.30. The Morgan fingerprint density at radius 1 is 1.47 bits per heavy atom. The standard InChI is InChI=1S/C13H19N3O/c1-12(2)9-6-10(12)13(3,15-11(17)7-9)16-5-4-14-8-16/h4-5,8-10H,6-7H2,1-3H3,(H,15,17). The van der Waals surface area contributed by atoms with Crippen molar-refractivity contribution in [3.63, 3.8) is 0 Å². The molecule has 0 radical (unpaired) electrons. The van der Waals surface area contributed by atoms with Gasteiger partial charge in [-0.25, -0.2) is 4.98 Å². The van der Waals surface area contributed by atoms with Crippen molar-refractivity contribution in [1.82, 2.24) is 14.9 Å². The molecule has 2 aliphatic heterocycles. The number of imidazole rings is 1. The minimum atomic E-state index is -0.329. The van der Waals surface area contributed by atoms with Crippen LogP contribution in [0.15, 0.2) is 18.7 Å². The van der Waals surface area contributed by atoms with Gasteiger partial charge in [0.2, 0.25) is 5.91 Å². The van der Waals surface area contributed by atoms with Crippen molar-refractivity contribution < 1.29 is 4.79 Å². The number of amides is 1. The number of nitrogens with one attached hydrogen (secondary N) is 1. The van der Waals surface area contributed by atoms with Gasteiger partial charge >= 0.3 is 0 Å². The van der Waals surface area contributed by atoms with Crippen molar-refractivity contribution in [3.8, 4) is 0 Å². The van der Waals surface area contributed by atoms with Crippen molar-refractivity contribution in [1.29, 1.82) is 0 Å². The molecular formula is C13H19N3O. The van der Waals surface area contributed by atoms with E-state index in [0.29, 0.717) is 18.3 Å². The van der Waals surface area contributed by atoms with Crippen LogP contribution in [-0.4, -0.2) is 15.5 Å². The lowest BCUT2D eigenvalue weighted by atomic mass is 9.51. The minimum absolute atomic E-state index is 0.166. The number of nitrogens with zero attached hydrogens (tertiary/aromatic N) is 2. The maximum atomic E-state index is 12.0. The molecule has 3 fully saturated rings. The quantitative estimate of drug-likeness (QED) is 0.803. The molecule has 3 atom stereocenters. The molecule has 4 heteroatoms. The number of rotatable bonds is 1. The van der Waals surface area contributed by atoms with Gasteiger partial charge in [-0.05, 0) is 24.7 Å². The molecule has 3 heterocycles. The Morgan fingerprint density at radius 3 is 2.82 bits per heavy atom. The average Bonchev–Trinajstić information content (AvgIpc) is 2.71. The van der Waals surface area contributed by atoms with Gasteiger partial charge in [-0.2, -0.15) is 0 Å². The van der Waals surface area contributed by atoms with Crippen LogP contribution < -0.4 is 5.32 Å². The summed E-state index contributed by atoms with van der Waals surface area (Å²) >= 11 is 0. The number of hydrogen-bond donors (Lipinski definition) is 1. The SMILES string of the molecule is CC1(C)C2CC(=O)NC(C)(n3ccnc3)C1C2. The van der Waals surface area contributed by atoms with Crippen LogP contribution in [0.25, 0.3) is 0 Å². The molecule has 2 bridgehead atoms. The van der Waals surface area contributed by atoms with Gasteiger partial charge in [0.1, 0.15) is 5.66 Å². The number of hydrogen-bond acceptors (Lipinski definition) is 2. The fraction of sp³-hybridized carbons (Fsp3) is 0.692. The predicted molar refractivity (Wildman–Crippen MR) is 64.0 cm³/mol. The van der Waals surface area contributed by atoms with Crippen molar-refractivity contribution in [2.75, 3.05) is 0 Å². The van der Waals surface area contributed by atoms with Crippen LogP contribution in [0, 0.1) is 17.3 Å². The van der Waals surface area contributed by atoms with E-state index in [2.05, 4.69) is 31.1 Å². The summed E-state index contributed by atoms with van der Waals surface area (Å²) in [6.45, 7) is 6.67. The maximum absolute atomic E-state index is 12.0. The fourth-order valence-corrected chi connectivity index (χ4v) is 3.74. The van der Waals surface area contributed by atoms with Crippen LogP contribution in [0.5, 0.6) is 0 Å². The smallest absolute Gasteiger partial charge is 0.222 e. The predicted octanol–water partition coefficient (Wildman–Crippen LogP) is 1.74. The van der Waals surface area contributed by atoms with E-state index in [1.54, 1.807) is 12.5 Å². The highest BCUT2D eigenvalue weighted by Gasteiger charge is 2.59. The van der Waals surface area contributed by atoms with Crippen molar-refractivity contribution in [3.05, 3.63) is 18.7 Å². The lowest BCUT2D eigenvalue weighted by Crippen LogP contribution is -2.59. The highest BCUT2D eigenvalue weighted by atomic mass is 16.2. The zero-order valence-electron chi connectivity index (χ0n) is 10.6. The Hall–Kier alpha value is -1.32. The van der Waals surface area contributed by atoms with Gasteiger partial charge in [0.15, 0.2) is 0 Å². The summed E-state index contributed by atoms with van der Waals surface area (Å²) in [5, 5.41) is 3.19. The first-order valence-corrected chi connectivity index (χ1v) is 6.24. The normalized spacial score (nSPS) is 39.1. The van der Waals surface area contributed by atoms with Gasteiger partial charge in [0.05, 0.1) is 6.33 Å². The summed E-state index contributed by atoms with van der Waals surface area (Å²) in [5.74, 6) is 1.16. The second kappa shape index (κ2) is 3.12. The summed E-state index contributed by atoms with van der Waals surface area (Å²) in [6, 6.07) is 0. The number of aromatic nitrogens is 2. The topological polar surface area (TPSA) is 46.9 Å². The van der Waals surface area contributed by atoms with Crippen LogP contribution in [0.1, 0.15) is 33.6 Å². The monoisotopic (exact) mass is 233 g/mol. The molecular weight excluding hydrogens is 214 g/mol. The number of fused-ring (bicyclic) bond motifs is 3. The van der Waals surface area contributed by atoms with Gasteiger partial charge in [-0.15, -0.1) is 0 Å². The maximum Gasteiger partial charge on any atom is 0.222 e. The molecule has 1 aromatic rings.